The van der Waals surface area contributed by atoms with Gasteiger partial charge in [-0.3, -0.25) is 9.80 Å². The zero-order chi connectivity index (χ0) is 23.3. The molecule has 4 nitrogen and oxygen atoms in total. The Morgan fingerprint density at radius 2 is 1.48 bits per heavy atom. The Morgan fingerprint density at radius 3 is 2.03 bits per heavy atom. The molecule has 1 saturated heterocycles. The summed E-state index contributed by atoms with van der Waals surface area (Å²) in [5.74, 6) is 0.700. The molecule has 180 valence electrons. The van der Waals surface area contributed by atoms with Gasteiger partial charge >= 0.3 is 0 Å². The van der Waals surface area contributed by atoms with Crippen molar-refractivity contribution in [1.29, 1.82) is 0 Å². The number of benzene rings is 2. The molecular weight excluding hydrogens is 408 g/mol. The Labute approximate surface area is 200 Å². The molecule has 2 aromatic carbocycles. The maximum absolute atomic E-state index is 10.7. The fourth-order valence-corrected chi connectivity index (χ4v) is 6.07. The van der Waals surface area contributed by atoms with Crippen LogP contribution in [0.15, 0.2) is 60.7 Å². The highest BCUT2D eigenvalue weighted by Crippen LogP contribution is 2.39. The predicted octanol–water partition coefficient (Wildman–Crippen LogP) is 4.99. The van der Waals surface area contributed by atoms with E-state index in [1.807, 2.05) is 0 Å². The first kappa shape index (κ1) is 24.4. The third-order valence-electron chi connectivity index (χ3n) is 7.34. The monoisotopic (exact) mass is 450 g/mol. The van der Waals surface area contributed by atoms with Crippen molar-refractivity contribution >= 4 is 0 Å². The SMILES string of the molecule is C[C@@H]1C[C@@H](OC[C@H](O)CN2CCN(C(c3ccccc3)c3ccccc3)CC2)CC(C)(C)C1. The lowest BCUT2D eigenvalue weighted by Gasteiger charge is -2.41. The van der Waals surface area contributed by atoms with Crippen LogP contribution in [0.3, 0.4) is 0 Å². The van der Waals surface area contributed by atoms with Gasteiger partial charge < -0.3 is 9.84 Å². The van der Waals surface area contributed by atoms with Crippen LogP contribution in [0.4, 0.5) is 0 Å². The summed E-state index contributed by atoms with van der Waals surface area (Å²) in [4.78, 5) is 4.97. The molecule has 0 radical (unpaired) electrons. The minimum atomic E-state index is -0.420. The fraction of sp³-hybridized carbons (Fsp3) is 0.586. The van der Waals surface area contributed by atoms with E-state index in [4.69, 9.17) is 4.74 Å². The number of piperazine rings is 1. The van der Waals surface area contributed by atoms with Gasteiger partial charge in [0.25, 0.3) is 0 Å². The van der Waals surface area contributed by atoms with Crippen molar-refractivity contribution in [3.05, 3.63) is 71.8 Å². The average molecular weight is 451 g/mol. The molecule has 3 atom stereocenters. The van der Waals surface area contributed by atoms with Gasteiger partial charge in [-0.15, -0.1) is 0 Å². The molecule has 0 unspecified atom stereocenters. The van der Waals surface area contributed by atoms with E-state index in [2.05, 4.69) is 91.2 Å². The highest BCUT2D eigenvalue weighted by Gasteiger charge is 2.33. The second-order valence-electron chi connectivity index (χ2n) is 11.1. The van der Waals surface area contributed by atoms with Gasteiger partial charge in [-0.2, -0.15) is 0 Å². The molecule has 33 heavy (non-hydrogen) atoms. The summed E-state index contributed by atoms with van der Waals surface area (Å²) in [5.41, 5.74) is 3.03. The number of hydrogen-bond acceptors (Lipinski definition) is 4. The number of hydrogen-bond donors (Lipinski definition) is 1. The molecule has 1 saturated carbocycles. The van der Waals surface area contributed by atoms with Crippen molar-refractivity contribution in [2.75, 3.05) is 39.3 Å². The third kappa shape index (κ3) is 6.89. The number of nitrogens with zero attached hydrogens (tertiary/aromatic N) is 2. The van der Waals surface area contributed by atoms with Crippen molar-refractivity contribution in [1.82, 2.24) is 9.80 Å². The normalized spacial score (nSPS) is 25.2. The lowest BCUT2D eigenvalue weighted by molar-refractivity contribution is -0.0636. The minimum absolute atomic E-state index is 0.277. The Balaban J connectivity index is 1.28. The van der Waals surface area contributed by atoms with Gasteiger partial charge in [-0.1, -0.05) is 81.4 Å². The summed E-state index contributed by atoms with van der Waals surface area (Å²) in [5, 5.41) is 10.7. The van der Waals surface area contributed by atoms with Crippen molar-refractivity contribution < 1.29 is 9.84 Å². The third-order valence-corrected chi connectivity index (χ3v) is 7.34. The van der Waals surface area contributed by atoms with Crippen molar-refractivity contribution in [2.24, 2.45) is 11.3 Å². The summed E-state index contributed by atoms with van der Waals surface area (Å²) in [6.07, 6.45) is 3.36. The molecule has 1 heterocycles. The molecule has 2 fully saturated rings. The fourth-order valence-electron chi connectivity index (χ4n) is 6.07. The van der Waals surface area contributed by atoms with Crippen molar-refractivity contribution in [2.45, 2.75) is 58.3 Å². The van der Waals surface area contributed by atoms with Gasteiger partial charge in [0.15, 0.2) is 0 Å². The number of aliphatic hydroxyl groups excluding tert-OH is 1. The lowest BCUT2D eigenvalue weighted by atomic mass is 9.71. The molecule has 0 amide bonds. The van der Waals surface area contributed by atoms with E-state index in [0.29, 0.717) is 24.5 Å². The summed E-state index contributed by atoms with van der Waals surface area (Å²) in [6.45, 7) is 12.1. The first-order valence-corrected chi connectivity index (χ1v) is 12.8. The van der Waals surface area contributed by atoms with Gasteiger partial charge in [-0.05, 0) is 41.7 Å². The van der Waals surface area contributed by atoms with Crippen LogP contribution < -0.4 is 0 Å². The van der Waals surface area contributed by atoms with E-state index in [-0.39, 0.29) is 12.1 Å². The van der Waals surface area contributed by atoms with Crippen LogP contribution in [-0.4, -0.2) is 66.4 Å². The highest BCUT2D eigenvalue weighted by atomic mass is 16.5. The zero-order valence-electron chi connectivity index (χ0n) is 20.7. The van der Waals surface area contributed by atoms with Crippen molar-refractivity contribution in [3.63, 3.8) is 0 Å². The average Bonchev–Trinajstić information content (AvgIpc) is 2.79. The smallest absolute Gasteiger partial charge is 0.0900 e. The second-order valence-corrected chi connectivity index (χ2v) is 11.1. The molecule has 2 aliphatic rings. The highest BCUT2D eigenvalue weighted by molar-refractivity contribution is 5.31. The molecule has 4 rings (SSSR count). The molecule has 0 bridgehead atoms. The van der Waals surface area contributed by atoms with Crippen LogP contribution in [0.25, 0.3) is 0 Å². The molecule has 1 aliphatic carbocycles. The molecule has 1 N–H and O–H groups in total. The van der Waals surface area contributed by atoms with Crippen LogP contribution in [0.5, 0.6) is 0 Å². The Morgan fingerprint density at radius 1 is 0.909 bits per heavy atom. The number of rotatable bonds is 8. The summed E-state index contributed by atoms with van der Waals surface area (Å²) in [6, 6.07) is 21.9. The Hall–Kier alpha value is -1.72. The summed E-state index contributed by atoms with van der Waals surface area (Å²) >= 11 is 0. The van der Waals surface area contributed by atoms with Crippen LogP contribution in [0, 0.1) is 11.3 Å². The maximum Gasteiger partial charge on any atom is 0.0900 e. The number of aliphatic hydroxyl groups is 1. The standard InChI is InChI=1S/C29H42N2O2/c1-23-18-27(20-29(2,3)19-23)33-22-26(32)21-30-14-16-31(17-15-30)28(24-10-6-4-7-11-24)25-12-8-5-9-13-25/h4-13,23,26-28,32H,14-22H2,1-3H3/t23-,26-,27-/m1/s1. The van der Waals surface area contributed by atoms with E-state index in [0.717, 1.165) is 39.0 Å². The van der Waals surface area contributed by atoms with Crippen LogP contribution in [-0.2, 0) is 4.74 Å². The topological polar surface area (TPSA) is 35.9 Å². The summed E-state index contributed by atoms with van der Waals surface area (Å²) < 4.78 is 6.18. The van der Waals surface area contributed by atoms with Gasteiger partial charge in [-0.25, -0.2) is 0 Å². The Kier molecular flexibility index (Phi) is 8.24. The van der Waals surface area contributed by atoms with Crippen molar-refractivity contribution in [3.8, 4) is 0 Å². The van der Waals surface area contributed by atoms with Crippen LogP contribution in [0.1, 0.15) is 57.2 Å². The van der Waals surface area contributed by atoms with E-state index >= 15 is 0 Å². The molecule has 0 aromatic heterocycles. The number of β-amino-alcohol motifs (C(OH)–C–C–N with tert-alkyl or cyclic N) is 1. The second kappa shape index (κ2) is 11.1. The van der Waals surface area contributed by atoms with E-state index in [1.54, 1.807) is 0 Å². The Bertz CT molecular complexity index is 794. The largest absolute Gasteiger partial charge is 0.389 e. The number of ether oxygens (including phenoxy) is 1. The maximum atomic E-state index is 10.7. The van der Waals surface area contributed by atoms with E-state index in [9.17, 15) is 5.11 Å². The minimum Gasteiger partial charge on any atom is -0.389 e. The van der Waals surface area contributed by atoms with E-state index in [1.165, 1.54) is 17.5 Å². The molecular formula is C29H42N2O2. The summed E-state index contributed by atoms with van der Waals surface area (Å²) in [7, 11) is 0. The molecule has 0 spiro atoms. The first-order chi connectivity index (χ1) is 15.9. The van der Waals surface area contributed by atoms with E-state index < -0.39 is 6.10 Å². The lowest BCUT2D eigenvalue weighted by Crippen LogP contribution is -2.50. The van der Waals surface area contributed by atoms with Gasteiger partial charge in [0.1, 0.15) is 0 Å². The first-order valence-electron chi connectivity index (χ1n) is 12.8. The molecule has 1 aliphatic heterocycles. The van der Waals surface area contributed by atoms with Crippen LogP contribution >= 0.6 is 0 Å². The van der Waals surface area contributed by atoms with Gasteiger partial charge in [0, 0.05) is 32.7 Å². The molecule has 2 aromatic rings. The quantitative estimate of drug-likeness (QED) is 0.615. The zero-order valence-corrected chi connectivity index (χ0v) is 20.7. The van der Waals surface area contributed by atoms with Crippen LogP contribution in [0.2, 0.25) is 0 Å². The molecule has 4 heteroatoms. The van der Waals surface area contributed by atoms with Gasteiger partial charge in [0.2, 0.25) is 0 Å². The predicted molar refractivity (Wildman–Crippen MR) is 135 cm³/mol. The van der Waals surface area contributed by atoms with Gasteiger partial charge in [0.05, 0.1) is 24.9 Å².